The summed E-state index contributed by atoms with van der Waals surface area (Å²) in [5.41, 5.74) is 0.102. The Hall–Kier alpha value is -2.04. The van der Waals surface area contributed by atoms with Crippen molar-refractivity contribution in [2.24, 2.45) is 5.92 Å². The van der Waals surface area contributed by atoms with E-state index in [1.165, 1.54) is 12.1 Å². The van der Waals surface area contributed by atoms with E-state index in [0.717, 1.165) is 19.1 Å². The monoisotopic (exact) mass is 252 g/mol. The summed E-state index contributed by atoms with van der Waals surface area (Å²) in [6, 6.07) is 4.64. The van der Waals surface area contributed by atoms with Gasteiger partial charge in [-0.25, -0.2) is 4.39 Å². The van der Waals surface area contributed by atoms with Gasteiger partial charge < -0.3 is 4.74 Å². The van der Waals surface area contributed by atoms with Crippen LogP contribution in [0.4, 0.5) is 4.39 Å². The molecule has 0 bridgehead atoms. The molecule has 0 aliphatic heterocycles. The number of ether oxygens (including phenoxy) is 1. The van der Waals surface area contributed by atoms with Gasteiger partial charge >= 0.3 is 5.97 Å². The van der Waals surface area contributed by atoms with Crippen molar-refractivity contribution < 1.29 is 23.5 Å². The molecule has 1 rings (SSSR count). The van der Waals surface area contributed by atoms with E-state index >= 15 is 0 Å². The molecule has 0 aromatic heterocycles. The van der Waals surface area contributed by atoms with E-state index in [0.29, 0.717) is 0 Å². The Bertz CT molecular complexity index is 464. The molecule has 0 spiro atoms. The molecule has 0 heterocycles. The molecule has 0 amide bonds. The van der Waals surface area contributed by atoms with Gasteiger partial charge in [0.15, 0.2) is 17.5 Å². The van der Waals surface area contributed by atoms with E-state index in [-0.39, 0.29) is 12.2 Å². The molecule has 0 saturated carbocycles. The van der Waals surface area contributed by atoms with Gasteiger partial charge in [-0.1, -0.05) is 0 Å². The molecule has 5 heteroatoms. The molecule has 4 nitrogen and oxygen atoms in total. The van der Waals surface area contributed by atoms with Gasteiger partial charge in [-0.3, -0.25) is 14.4 Å². The van der Waals surface area contributed by atoms with E-state index in [1.807, 2.05) is 0 Å². The molecule has 0 radical (unpaired) electrons. The first-order valence-electron chi connectivity index (χ1n) is 5.44. The van der Waals surface area contributed by atoms with Gasteiger partial charge in [0.05, 0.1) is 6.61 Å². The minimum Gasteiger partial charge on any atom is -0.465 e. The predicted molar refractivity (Wildman–Crippen MR) is 61.5 cm³/mol. The SMILES string of the molecule is CCOC(=O)C(C(C)=O)C(=O)c1ccc(F)cc1. The number of halogens is 1. The van der Waals surface area contributed by atoms with Gasteiger partial charge in [-0.2, -0.15) is 0 Å². The normalized spacial score (nSPS) is 11.7. The topological polar surface area (TPSA) is 60.4 Å². The summed E-state index contributed by atoms with van der Waals surface area (Å²) in [5, 5.41) is 0. The third-order valence-electron chi connectivity index (χ3n) is 2.32. The van der Waals surface area contributed by atoms with Crippen LogP contribution >= 0.6 is 0 Å². The number of ketones is 2. The number of esters is 1. The van der Waals surface area contributed by atoms with Gasteiger partial charge in [-0.15, -0.1) is 0 Å². The molecule has 1 aromatic rings. The second-order valence-corrected chi connectivity index (χ2v) is 3.67. The Morgan fingerprint density at radius 1 is 1.22 bits per heavy atom. The molecule has 96 valence electrons. The fourth-order valence-electron chi connectivity index (χ4n) is 1.46. The predicted octanol–water partition coefficient (Wildman–Crippen LogP) is 1.78. The highest BCUT2D eigenvalue weighted by atomic mass is 19.1. The van der Waals surface area contributed by atoms with Crippen molar-refractivity contribution in [3.8, 4) is 0 Å². The smallest absolute Gasteiger partial charge is 0.324 e. The van der Waals surface area contributed by atoms with Gasteiger partial charge in [0.1, 0.15) is 5.82 Å². The van der Waals surface area contributed by atoms with Crippen LogP contribution in [-0.2, 0) is 14.3 Å². The Labute approximate surface area is 104 Å². The van der Waals surface area contributed by atoms with Gasteiger partial charge in [-0.05, 0) is 38.1 Å². The average Bonchev–Trinajstić information content (AvgIpc) is 2.29. The number of carbonyl (C=O) groups is 3. The van der Waals surface area contributed by atoms with Crippen LogP contribution in [0.25, 0.3) is 0 Å². The number of hydrogen-bond acceptors (Lipinski definition) is 4. The van der Waals surface area contributed by atoms with Crippen LogP contribution in [0.2, 0.25) is 0 Å². The lowest BCUT2D eigenvalue weighted by atomic mass is 9.94. The lowest BCUT2D eigenvalue weighted by Gasteiger charge is -2.11. The molecule has 1 aromatic carbocycles. The summed E-state index contributed by atoms with van der Waals surface area (Å²) < 4.78 is 17.4. The van der Waals surface area contributed by atoms with Gasteiger partial charge in [0, 0.05) is 5.56 Å². The first kappa shape index (κ1) is 14.0. The Balaban J connectivity index is 3.00. The summed E-state index contributed by atoms with van der Waals surface area (Å²) in [6.45, 7) is 2.81. The molecular formula is C13H13FO4. The summed E-state index contributed by atoms with van der Waals surface area (Å²) in [5.74, 6) is -4.12. The third kappa shape index (κ3) is 3.23. The first-order chi connectivity index (χ1) is 8.47. The zero-order valence-electron chi connectivity index (χ0n) is 10.1. The maximum Gasteiger partial charge on any atom is 0.324 e. The zero-order chi connectivity index (χ0) is 13.7. The lowest BCUT2D eigenvalue weighted by Crippen LogP contribution is -2.32. The van der Waals surface area contributed by atoms with E-state index in [1.54, 1.807) is 6.92 Å². The fraction of sp³-hybridized carbons (Fsp3) is 0.308. The average molecular weight is 252 g/mol. The summed E-state index contributed by atoms with van der Waals surface area (Å²) in [4.78, 5) is 34.8. The van der Waals surface area contributed by atoms with Crippen LogP contribution < -0.4 is 0 Å². The highest BCUT2D eigenvalue weighted by Crippen LogP contribution is 2.13. The second kappa shape index (κ2) is 6.05. The largest absolute Gasteiger partial charge is 0.465 e. The van der Waals surface area contributed by atoms with Crippen molar-refractivity contribution in [3.05, 3.63) is 35.6 Å². The Morgan fingerprint density at radius 3 is 2.22 bits per heavy atom. The maximum absolute atomic E-state index is 12.7. The van der Waals surface area contributed by atoms with Crippen LogP contribution in [0.5, 0.6) is 0 Å². The van der Waals surface area contributed by atoms with Crippen LogP contribution in [-0.4, -0.2) is 24.1 Å². The fourth-order valence-corrected chi connectivity index (χ4v) is 1.46. The number of benzene rings is 1. The van der Waals surface area contributed by atoms with Crippen molar-refractivity contribution >= 4 is 17.5 Å². The number of rotatable bonds is 5. The molecule has 0 N–H and O–H groups in total. The first-order valence-corrected chi connectivity index (χ1v) is 5.44. The highest BCUT2D eigenvalue weighted by molar-refractivity contribution is 6.21. The van der Waals surface area contributed by atoms with Crippen molar-refractivity contribution in [1.29, 1.82) is 0 Å². The quantitative estimate of drug-likeness (QED) is 0.455. The lowest BCUT2D eigenvalue weighted by molar-refractivity contribution is -0.148. The number of carbonyl (C=O) groups excluding carboxylic acids is 3. The Kier molecular flexibility index (Phi) is 4.71. The third-order valence-corrected chi connectivity index (χ3v) is 2.32. The molecule has 1 atom stereocenters. The zero-order valence-corrected chi connectivity index (χ0v) is 10.1. The summed E-state index contributed by atoms with van der Waals surface area (Å²) in [7, 11) is 0. The van der Waals surface area contributed by atoms with E-state index < -0.39 is 29.3 Å². The molecule has 18 heavy (non-hydrogen) atoms. The van der Waals surface area contributed by atoms with Crippen LogP contribution in [0.1, 0.15) is 24.2 Å². The molecule has 0 aliphatic carbocycles. The van der Waals surface area contributed by atoms with Crippen molar-refractivity contribution in [2.45, 2.75) is 13.8 Å². The molecule has 0 aliphatic rings. The molecule has 0 saturated heterocycles. The number of hydrogen-bond donors (Lipinski definition) is 0. The van der Waals surface area contributed by atoms with Crippen LogP contribution in [0.3, 0.4) is 0 Å². The van der Waals surface area contributed by atoms with Crippen LogP contribution in [0, 0.1) is 11.7 Å². The number of Topliss-reactive ketones (excluding diaryl/α,β-unsaturated/α-hetero) is 2. The summed E-state index contributed by atoms with van der Waals surface area (Å²) in [6.07, 6.45) is 0. The van der Waals surface area contributed by atoms with E-state index in [9.17, 15) is 18.8 Å². The van der Waals surface area contributed by atoms with Crippen molar-refractivity contribution in [2.75, 3.05) is 6.61 Å². The molecule has 0 fully saturated rings. The minimum absolute atomic E-state index is 0.0826. The molecular weight excluding hydrogens is 239 g/mol. The van der Waals surface area contributed by atoms with Gasteiger partial charge in [0.25, 0.3) is 0 Å². The highest BCUT2D eigenvalue weighted by Gasteiger charge is 2.33. The van der Waals surface area contributed by atoms with E-state index in [2.05, 4.69) is 4.74 Å². The van der Waals surface area contributed by atoms with Crippen molar-refractivity contribution in [3.63, 3.8) is 0 Å². The van der Waals surface area contributed by atoms with Gasteiger partial charge in [0.2, 0.25) is 0 Å². The minimum atomic E-state index is -1.48. The van der Waals surface area contributed by atoms with E-state index in [4.69, 9.17) is 0 Å². The maximum atomic E-state index is 12.7. The Morgan fingerprint density at radius 2 is 1.78 bits per heavy atom. The van der Waals surface area contributed by atoms with Crippen molar-refractivity contribution in [1.82, 2.24) is 0 Å². The molecule has 1 unspecified atom stereocenters. The standard InChI is InChI=1S/C13H13FO4/c1-3-18-13(17)11(8(2)15)12(16)9-4-6-10(14)7-5-9/h4-7,11H,3H2,1-2H3. The second-order valence-electron chi connectivity index (χ2n) is 3.67. The van der Waals surface area contributed by atoms with Crippen LogP contribution in [0.15, 0.2) is 24.3 Å². The summed E-state index contributed by atoms with van der Waals surface area (Å²) >= 11 is 0.